The van der Waals surface area contributed by atoms with E-state index in [1.165, 1.54) is 26.0 Å². The molecular weight excluding hydrogens is 466 g/mol. The molecule has 2 aromatic rings. The van der Waals surface area contributed by atoms with E-state index < -0.39 is 47.0 Å². The monoisotopic (exact) mass is 491 g/mol. The molecule has 3 atom stereocenters. The average molecular weight is 491 g/mol. The lowest BCUT2D eigenvalue weighted by atomic mass is 9.95. The van der Waals surface area contributed by atoms with Crippen LogP contribution in [0, 0.1) is 18.6 Å². The summed E-state index contributed by atoms with van der Waals surface area (Å²) in [5.41, 5.74) is -0.949. The first kappa shape index (κ1) is 24.7. The number of carbonyl (C=O) groups is 3. The van der Waals surface area contributed by atoms with Gasteiger partial charge in [0.25, 0.3) is 11.8 Å². The van der Waals surface area contributed by atoms with Crippen LogP contribution in [0.5, 0.6) is 0 Å². The minimum atomic E-state index is -4.20. The summed E-state index contributed by atoms with van der Waals surface area (Å²) >= 11 is 0. The predicted molar refractivity (Wildman–Crippen MR) is 120 cm³/mol. The molecule has 0 saturated carbocycles. The maximum absolute atomic E-state index is 15.4. The van der Waals surface area contributed by atoms with Crippen LogP contribution in [0.1, 0.15) is 54.1 Å². The summed E-state index contributed by atoms with van der Waals surface area (Å²) in [6, 6.07) is 5.08. The third-order valence-corrected chi connectivity index (χ3v) is 6.63. The predicted octanol–water partition coefficient (Wildman–Crippen LogP) is 4.28. The Balaban J connectivity index is 1.55. The highest BCUT2D eigenvalue weighted by Gasteiger charge is 2.53. The summed E-state index contributed by atoms with van der Waals surface area (Å²) in [6.07, 6.45) is 1.73. The molecule has 3 amide bonds. The van der Waals surface area contributed by atoms with Gasteiger partial charge in [-0.15, -0.1) is 0 Å². The van der Waals surface area contributed by atoms with Crippen LogP contribution in [0.2, 0.25) is 0 Å². The van der Waals surface area contributed by atoms with Crippen LogP contribution in [-0.4, -0.2) is 40.7 Å². The second-order valence-electron chi connectivity index (χ2n) is 9.15. The Bertz CT molecular complexity index is 1170. The molecule has 0 aliphatic carbocycles. The van der Waals surface area contributed by atoms with Crippen molar-refractivity contribution in [2.24, 2.45) is 0 Å². The first-order valence-corrected chi connectivity index (χ1v) is 11.3. The zero-order chi connectivity index (χ0) is 25.5. The van der Waals surface area contributed by atoms with E-state index in [2.05, 4.69) is 10.6 Å². The number of carbonyl (C=O) groups excluding carboxylic acids is 3. The van der Waals surface area contributed by atoms with E-state index in [0.717, 1.165) is 23.1 Å². The van der Waals surface area contributed by atoms with Crippen molar-refractivity contribution in [1.29, 1.82) is 0 Å². The highest BCUT2D eigenvalue weighted by atomic mass is 19.3. The summed E-state index contributed by atoms with van der Waals surface area (Å²) in [6.45, 7) is 2.87. The van der Waals surface area contributed by atoms with Gasteiger partial charge in [-0.2, -0.15) is 8.78 Å². The minimum absolute atomic E-state index is 0.207. The zero-order valence-corrected chi connectivity index (χ0v) is 19.2. The van der Waals surface area contributed by atoms with Crippen LogP contribution >= 0.6 is 0 Å². The number of halogens is 4. The van der Waals surface area contributed by atoms with Crippen molar-refractivity contribution < 1.29 is 31.9 Å². The van der Waals surface area contributed by atoms with Gasteiger partial charge in [-0.25, -0.2) is 8.78 Å². The van der Waals surface area contributed by atoms with Gasteiger partial charge in [0.05, 0.1) is 5.56 Å². The molecule has 35 heavy (non-hydrogen) atoms. The Morgan fingerprint density at radius 2 is 1.60 bits per heavy atom. The molecule has 2 bridgehead atoms. The van der Waals surface area contributed by atoms with E-state index in [-0.39, 0.29) is 28.8 Å². The Morgan fingerprint density at radius 1 is 0.971 bits per heavy atom. The molecule has 2 aliphatic heterocycles. The SMILES string of the molecule is CC(=O)NC1C[C@H]2CC[C@@H](C1)N2C(=O)C(F)(F)c1cc(C(=O)Nc2ccc(F)c(C)c2)ccc1F. The van der Waals surface area contributed by atoms with Crippen molar-refractivity contribution in [2.45, 2.75) is 63.6 Å². The fourth-order valence-electron chi connectivity index (χ4n) is 5.02. The molecular formula is C25H25F4N3O3. The molecule has 186 valence electrons. The second-order valence-corrected chi connectivity index (χ2v) is 9.15. The summed E-state index contributed by atoms with van der Waals surface area (Å²) in [4.78, 5) is 38.1. The van der Waals surface area contributed by atoms with Crippen molar-refractivity contribution in [3.8, 4) is 0 Å². The van der Waals surface area contributed by atoms with Gasteiger partial charge in [-0.05, 0) is 74.6 Å². The third-order valence-electron chi connectivity index (χ3n) is 6.63. The van der Waals surface area contributed by atoms with Gasteiger partial charge in [0.1, 0.15) is 11.6 Å². The van der Waals surface area contributed by atoms with Gasteiger partial charge in [0, 0.05) is 36.3 Å². The van der Waals surface area contributed by atoms with Crippen molar-refractivity contribution >= 4 is 23.4 Å². The van der Waals surface area contributed by atoms with Gasteiger partial charge >= 0.3 is 5.92 Å². The highest BCUT2D eigenvalue weighted by Crippen LogP contribution is 2.41. The number of rotatable bonds is 5. The fourth-order valence-corrected chi connectivity index (χ4v) is 5.02. The fraction of sp³-hybridized carbons (Fsp3) is 0.400. The highest BCUT2D eigenvalue weighted by molar-refractivity contribution is 6.04. The summed E-state index contributed by atoms with van der Waals surface area (Å²) in [5.74, 6) is -8.53. The smallest absolute Gasteiger partial charge is 0.352 e. The number of hydrogen-bond acceptors (Lipinski definition) is 3. The van der Waals surface area contributed by atoms with E-state index >= 15 is 8.78 Å². The molecule has 2 N–H and O–H groups in total. The Morgan fingerprint density at radius 3 is 2.20 bits per heavy atom. The third kappa shape index (κ3) is 4.87. The van der Waals surface area contributed by atoms with Gasteiger partial charge in [-0.3, -0.25) is 14.4 Å². The molecule has 2 heterocycles. The van der Waals surface area contributed by atoms with E-state index in [1.807, 2.05) is 0 Å². The number of anilines is 1. The lowest BCUT2D eigenvalue weighted by Gasteiger charge is -2.40. The van der Waals surface area contributed by atoms with Gasteiger partial charge in [0.15, 0.2) is 0 Å². The molecule has 1 unspecified atom stereocenters. The molecule has 2 saturated heterocycles. The number of benzene rings is 2. The van der Waals surface area contributed by atoms with Crippen molar-refractivity contribution in [3.05, 3.63) is 64.7 Å². The maximum Gasteiger partial charge on any atom is 0.352 e. The van der Waals surface area contributed by atoms with Crippen molar-refractivity contribution in [2.75, 3.05) is 5.32 Å². The van der Waals surface area contributed by atoms with Gasteiger partial charge in [0.2, 0.25) is 5.91 Å². The summed E-state index contributed by atoms with van der Waals surface area (Å²) in [7, 11) is 0. The summed E-state index contributed by atoms with van der Waals surface area (Å²) < 4.78 is 58.7. The molecule has 4 rings (SSSR count). The van der Waals surface area contributed by atoms with Gasteiger partial charge < -0.3 is 15.5 Å². The molecule has 2 aliphatic rings. The van der Waals surface area contributed by atoms with E-state index in [4.69, 9.17) is 0 Å². The minimum Gasteiger partial charge on any atom is -0.353 e. The standard InChI is InChI=1S/C25H25F4N3O3/c1-13-9-16(4-8-21(13)26)31-23(34)15-3-7-22(27)20(10-15)25(28,29)24(35)32-18-5-6-19(32)12-17(11-18)30-14(2)33/h3-4,7-10,17-19H,5-6,11-12H2,1-2H3,(H,30,33)(H,31,34)/t17?,18-,19+. The zero-order valence-electron chi connectivity index (χ0n) is 19.2. The van der Waals surface area contributed by atoms with E-state index in [9.17, 15) is 23.2 Å². The molecule has 0 aromatic heterocycles. The number of fused-ring (bicyclic) bond motifs is 2. The number of alkyl halides is 2. The largest absolute Gasteiger partial charge is 0.353 e. The first-order valence-electron chi connectivity index (χ1n) is 11.3. The number of hydrogen-bond donors (Lipinski definition) is 2. The molecule has 10 heteroatoms. The molecule has 0 spiro atoms. The van der Waals surface area contributed by atoms with E-state index in [1.54, 1.807) is 0 Å². The van der Waals surface area contributed by atoms with Crippen LogP contribution in [-0.2, 0) is 15.5 Å². The van der Waals surface area contributed by atoms with Crippen molar-refractivity contribution in [3.63, 3.8) is 0 Å². The first-order chi connectivity index (χ1) is 16.5. The number of amides is 3. The normalized spacial score (nSPS) is 21.5. The Kier molecular flexibility index (Phi) is 6.57. The Hall–Kier alpha value is -3.43. The number of nitrogens with one attached hydrogen (secondary N) is 2. The molecule has 6 nitrogen and oxygen atoms in total. The van der Waals surface area contributed by atoms with Crippen LogP contribution in [0.4, 0.5) is 23.2 Å². The maximum atomic E-state index is 15.4. The topological polar surface area (TPSA) is 78.5 Å². The Labute approximate surface area is 199 Å². The van der Waals surface area contributed by atoms with Gasteiger partial charge in [-0.1, -0.05) is 0 Å². The van der Waals surface area contributed by atoms with E-state index in [0.29, 0.717) is 31.7 Å². The average Bonchev–Trinajstić information content (AvgIpc) is 3.05. The quantitative estimate of drug-likeness (QED) is 0.613. The van der Waals surface area contributed by atoms with Crippen LogP contribution < -0.4 is 10.6 Å². The molecule has 0 radical (unpaired) electrons. The molecule has 2 aromatic carbocycles. The van der Waals surface area contributed by atoms with Crippen molar-refractivity contribution in [1.82, 2.24) is 10.2 Å². The second kappa shape index (κ2) is 9.31. The summed E-state index contributed by atoms with van der Waals surface area (Å²) in [5, 5.41) is 5.24. The lowest BCUT2D eigenvalue weighted by molar-refractivity contribution is -0.164. The number of piperidine rings is 1. The number of nitrogens with zero attached hydrogens (tertiary/aromatic N) is 1. The van der Waals surface area contributed by atoms with Crippen LogP contribution in [0.25, 0.3) is 0 Å². The van der Waals surface area contributed by atoms with Crippen LogP contribution in [0.3, 0.4) is 0 Å². The molecule has 2 fully saturated rings. The number of aryl methyl sites for hydroxylation is 1. The lowest BCUT2D eigenvalue weighted by Crippen LogP contribution is -2.55. The van der Waals surface area contributed by atoms with Crippen LogP contribution in [0.15, 0.2) is 36.4 Å².